The van der Waals surface area contributed by atoms with E-state index in [1.165, 1.54) is 36.4 Å². The maximum atomic E-state index is 15.4. The van der Waals surface area contributed by atoms with Crippen LogP contribution in [0.15, 0.2) is 78.9 Å². The number of carbonyl (C=O) groups excluding carboxylic acids is 2. The third-order valence-corrected chi connectivity index (χ3v) is 8.14. The highest BCUT2D eigenvalue weighted by molar-refractivity contribution is 14.1. The van der Waals surface area contributed by atoms with Gasteiger partial charge in [0.25, 0.3) is 5.91 Å². The Morgan fingerprint density at radius 1 is 0.824 bits per heavy atom. The molecule has 0 fully saturated rings. The number of esters is 1. The number of carbonyl (C=O) groups is 2. The van der Waals surface area contributed by atoms with Crippen molar-refractivity contribution >= 4 is 34.5 Å². The second-order valence-corrected chi connectivity index (χ2v) is 13.1. The summed E-state index contributed by atoms with van der Waals surface area (Å²) in [6, 6.07) is 13.6. The molecular weight excluding hydrogens is 805 g/mol. The second kappa shape index (κ2) is 15.5. The van der Waals surface area contributed by atoms with Crippen LogP contribution >= 0.6 is 22.6 Å². The minimum absolute atomic E-state index is 0.0140. The van der Waals surface area contributed by atoms with Crippen LogP contribution in [0.25, 0.3) is 0 Å². The van der Waals surface area contributed by atoms with Gasteiger partial charge in [0.05, 0.1) is 29.9 Å². The maximum absolute atomic E-state index is 15.4. The molecular formula is C36H30F8INO5. The Hall–Kier alpha value is -4.41. The lowest BCUT2D eigenvalue weighted by molar-refractivity contribution is -0.152. The molecule has 1 N–H and O–H groups in total. The van der Waals surface area contributed by atoms with Gasteiger partial charge in [-0.25, -0.2) is 26.7 Å². The fourth-order valence-electron chi connectivity index (χ4n) is 5.15. The van der Waals surface area contributed by atoms with E-state index in [0.29, 0.717) is 53.3 Å². The molecule has 0 spiro atoms. The first-order valence-electron chi connectivity index (χ1n) is 15.1. The number of halogens is 9. The normalized spacial score (nSPS) is 14.1. The molecule has 4 aromatic carbocycles. The van der Waals surface area contributed by atoms with Crippen LogP contribution in [-0.4, -0.2) is 37.4 Å². The largest absolute Gasteiger partial charge is 0.488 e. The van der Waals surface area contributed by atoms with Gasteiger partial charge in [0.2, 0.25) is 0 Å². The molecule has 0 aromatic heterocycles. The molecule has 0 aliphatic rings. The van der Waals surface area contributed by atoms with Crippen molar-refractivity contribution in [1.82, 2.24) is 5.32 Å². The van der Waals surface area contributed by atoms with Crippen molar-refractivity contribution in [3.05, 3.63) is 130 Å². The first kappa shape index (κ1) is 39.4. The minimum Gasteiger partial charge on any atom is -0.488 e. The monoisotopic (exact) mass is 835 g/mol. The summed E-state index contributed by atoms with van der Waals surface area (Å²) in [5.41, 5.74) is -3.52. The van der Waals surface area contributed by atoms with Crippen LogP contribution in [0.2, 0.25) is 0 Å². The van der Waals surface area contributed by atoms with Crippen LogP contribution in [0.5, 0.6) is 11.5 Å². The number of alkyl halides is 6. The van der Waals surface area contributed by atoms with E-state index in [2.05, 4.69) is 5.32 Å². The predicted molar refractivity (Wildman–Crippen MR) is 179 cm³/mol. The van der Waals surface area contributed by atoms with E-state index >= 15 is 8.78 Å². The zero-order valence-electron chi connectivity index (χ0n) is 27.3. The Bertz CT molecular complexity index is 1900. The van der Waals surface area contributed by atoms with E-state index in [0.717, 1.165) is 31.4 Å². The summed E-state index contributed by atoms with van der Waals surface area (Å²) in [6.45, 7) is 3.63. The average molecular weight is 836 g/mol. The Morgan fingerprint density at radius 2 is 1.45 bits per heavy atom. The number of benzene rings is 4. The third-order valence-electron chi connectivity index (χ3n) is 7.56. The summed E-state index contributed by atoms with van der Waals surface area (Å²) in [6.07, 6.45) is -4.62. The molecule has 0 aliphatic heterocycles. The van der Waals surface area contributed by atoms with Crippen molar-refractivity contribution in [1.29, 1.82) is 0 Å². The highest BCUT2D eigenvalue weighted by atomic mass is 127. The average Bonchev–Trinajstić information content (AvgIpc) is 3.04. The van der Waals surface area contributed by atoms with Gasteiger partial charge in [0.15, 0.2) is 11.6 Å². The van der Waals surface area contributed by atoms with Crippen LogP contribution in [0, 0.1) is 17.5 Å². The lowest BCUT2D eigenvalue weighted by Gasteiger charge is -2.37. The number of rotatable bonds is 13. The van der Waals surface area contributed by atoms with Crippen molar-refractivity contribution in [2.75, 3.05) is 7.11 Å². The fourth-order valence-corrected chi connectivity index (χ4v) is 5.56. The van der Waals surface area contributed by atoms with Gasteiger partial charge in [-0.1, -0.05) is 18.2 Å². The minimum atomic E-state index is -3.74. The molecule has 4 rings (SSSR count). The van der Waals surface area contributed by atoms with Crippen LogP contribution in [0.1, 0.15) is 63.7 Å². The molecule has 0 radical (unpaired) electrons. The van der Waals surface area contributed by atoms with E-state index in [-0.39, 0.29) is 28.9 Å². The summed E-state index contributed by atoms with van der Waals surface area (Å²) < 4.78 is 127. The van der Waals surface area contributed by atoms with Crippen molar-refractivity contribution in [3.63, 3.8) is 0 Å². The van der Waals surface area contributed by atoms with E-state index in [1.807, 2.05) is 0 Å². The van der Waals surface area contributed by atoms with Gasteiger partial charge >= 0.3 is 22.2 Å². The number of methoxy groups -OCH3 is 1. The predicted octanol–water partition coefficient (Wildman–Crippen LogP) is 9.41. The number of hydrogen-bond donors (Lipinski definition) is 1. The van der Waals surface area contributed by atoms with Gasteiger partial charge in [-0.05, 0) is 85.1 Å². The Labute approximate surface area is 301 Å². The molecule has 1 amide bonds. The van der Waals surface area contributed by atoms with Crippen molar-refractivity contribution in [2.24, 2.45) is 0 Å². The van der Waals surface area contributed by atoms with Crippen LogP contribution in [0.3, 0.4) is 0 Å². The number of amides is 1. The van der Waals surface area contributed by atoms with E-state index in [4.69, 9.17) is 14.2 Å². The van der Waals surface area contributed by atoms with Crippen LogP contribution in [-0.2, 0) is 20.6 Å². The first-order valence-corrected chi connectivity index (χ1v) is 16.1. The lowest BCUT2D eigenvalue weighted by atomic mass is 9.77. The highest BCUT2D eigenvalue weighted by Gasteiger charge is 2.41. The second-order valence-electron chi connectivity index (χ2n) is 11.8. The van der Waals surface area contributed by atoms with Crippen molar-refractivity contribution < 1.29 is 58.9 Å². The molecule has 51 heavy (non-hydrogen) atoms. The molecule has 2 atom stereocenters. The Balaban J connectivity index is 2.04. The summed E-state index contributed by atoms with van der Waals surface area (Å²) in [5, 5.41) is 2.67. The molecule has 0 saturated carbocycles. The van der Waals surface area contributed by atoms with Crippen molar-refractivity contribution in [2.45, 2.75) is 55.0 Å². The molecule has 4 aromatic rings. The van der Waals surface area contributed by atoms with Crippen LogP contribution < -0.4 is 14.8 Å². The molecule has 15 heteroatoms. The summed E-state index contributed by atoms with van der Waals surface area (Å²) >= 11 is 0.691. The quantitative estimate of drug-likeness (QED) is 0.0630. The molecule has 0 heterocycles. The fraction of sp³-hybridized carbons (Fsp3) is 0.278. The molecule has 6 nitrogen and oxygen atoms in total. The van der Waals surface area contributed by atoms with E-state index in [9.17, 15) is 35.9 Å². The van der Waals surface area contributed by atoms with Gasteiger partial charge < -0.3 is 19.5 Å². The smallest absolute Gasteiger partial charge is 0.337 e. The topological polar surface area (TPSA) is 73.9 Å². The summed E-state index contributed by atoms with van der Waals surface area (Å²) in [4.78, 5) is 26.2. The number of nitrogens with one attached hydrogen (secondary N) is 1. The van der Waals surface area contributed by atoms with Gasteiger partial charge in [-0.2, -0.15) is 13.2 Å². The summed E-state index contributed by atoms with van der Waals surface area (Å²) in [7, 11) is 1.16. The number of hydrogen-bond acceptors (Lipinski definition) is 5. The third kappa shape index (κ3) is 9.28. The van der Waals surface area contributed by atoms with Crippen molar-refractivity contribution in [3.8, 4) is 11.5 Å². The summed E-state index contributed by atoms with van der Waals surface area (Å²) in [5.74, 6) is -9.73. The zero-order valence-corrected chi connectivity index (χ0v) is 29.5. The SMILES string of the molecule is COC(=O)c1ccc(C[C@@](NC(=O)c2ccc(F)c(C(F)(F)I)c2)(c2cc(F)cc(OC(C)(F)C(F)F)c2)c2ccc(F)c(OC(C)C)c2)cc1. The lowest BCUT2D eigenvalue weighted by Crippen LogP contribution is -2.49. The van der Waals surface area contributed by atoms with Gasteiger partial charge in [0.1, 0.15) is 17.4 Å². The van der Waals surface area contributed by atoms with E-state index in [1.54, 1.807) is 13.8 Å². The molecule has 1 unspecified atom stereocenters. The highest BCUT2D eigenvalue weighted by Crippen LogP contribution is 2.41. The number of ether oxygens (including phenoxy) is 3. The Kier molecular flexibility index (Phi) is 11.9. The van der Waals surface area contributed by atoms with E-state index < -0.39 is 74.1 Å². The van der Waals surface area contributed by atoms with Gasteiger partial charge in [-0.15, -0.1) is 0 Å². The molecule has 0 aliphatic carbocycles. The first-order chi connectivity index (χ1) is 23.7. The van der Waals surface area contributed by atoms with Gasteiger partial charge in [0, 0.05) is 47.6 Å². The standard InChI is InChI=1S/C36H30F8INO5/c1-19(2)50-30-16-23(10-12-29(30)39)35(18-20-5-7-21(8-6-20)32(48)49-4,24-14-25(37)17-26(15-24)51-34(3,42)33(40)41)46-31(47)22-9-11-28(38)27(13-22)36(43,44)45/h5-17,19,33H,18H2,1-4H3,(H,46,47)/t34?,35-/m0/s1. The maximum Gasteiger partial charge on any atom is 0.337 e. The Morgan fingerprint density at radius 3 is 2.04 bits per heavy atom. The molecule has 272 valence electrons. The van der Waals surface area contributed by atoms with Gasteiger partial charge in [-0.3, -0.25) is 4.79 Å². The molecule has 0 bridgehead atoms. The molecule has 0 saturated heterocycles. The zero-order chi connectivity index (χ0) is 37.9. The van der Waals surface area contributed by atoms with Crippen LogP contribution in [0.4, 0.5) is 35.1 Å².